The highest BCUT2D eigenvalue weighted by molar-refractivity contribution is 5.95. The van der Waals surface area contributed by atoms with Crippen LogP contribution in [-0.4, -0.2) is 25.1 Å². The van der Waals surface area contributed by atoms with Crippen molar-refractivity contribution in [1.29, 1.82) is 0 Å². The lowest BCUT2D eigenvalue weighted by molar-refractivity contribution is -0.137. The molecule has 20 heavy (non-hydrogen) atoms. The first-order valence-corrected chi connectivity index (χ1v) is 6.26. The van der Waals surface area contributed by atoms with Gasteiger partial charge in [-0.25, -0.2) is 0 Å². The van der Waals surface area contributed by atoms with Crippen molar-refractivity contribution in [1.82, 2.24) is 5.32 Å². The Bertz CT molecular complexity index is 497. The fourth-order valence-corrected chi connectivity index (χ4v) is 2.10. The van der Waals surface area contributed by atoms with Crippen LogP contribution < -0.4 is 15.8 Å². The molecule has 0 aromatic heterocycles. The van der Waals surface area contributed by atoms with Crippen molar-refractivity contribution in [2.24, 2.45) is 5.73 Å². The number of hydrogen-bond donors (Lipinski definition) is 2. The first-order chi connectivity index (χ1) is 9.38. The molecule has 1 aromatic rings. The second-order valence-corrected chi connectivity index (χ2v) is 4.66. The van der Waals surface area contributed by atoms with Crippen LogP contribution in [0.2, 0.25) is 0 Å². The molecule has 1 amide bonds. The number of benzene rings is 1. The van der Waals surface area contributed by atoms with Gasteiger partial charge in [-0.15, -0.1) is 0 Å². The number of carbonyl (C=O) groups is 1. The first kappa shape index (κ1) is 14.6. The zero-order chi connectivity index (χ0) is 14.8. The molecule has 3 N–H and O–H groups in total. The van der Waals surface area contributed by atoms with Crippen LogP contribution in [0.3, 0.4) is 0 Å². The fraction of sp³-hybridized carbons (Fsp3) is 0.462. The molecule has 0 aliphatic carbocycles. The molecule has 1 heterocycles. The van der Waals surface area contributed by atoms with Gasteiger partial charge in [-0.2, -0.15) is 13.2 Å². The van der Waals surface area contributed by atoms with Gasteiger partial charge in [0.25, 0.3) is 5.91 Å². The van der Waals surface area contributed by atoms with Gasteiger partial charge in [0.1, 0.15) is 11.9 Å². The molecule has 2 rings (SSSR count). The number of piperidine rings is 1. The molecule has 1 saturated heterocycles. The average Bonchev–Trinajstić information content (AvgIpc) is 2.38. The van der Waals surface area contributed by atoms with E-state index < -0.39 is 17.6 Å². The number of primary amides is 1. The number of nitrogens with two attached hydrogens (primary N) is 1. The average molecular weight is 288 g/mol. The summed E-state index contributed by atoms with van der Waals surface area (Å²) in [4.78, 5) is 11.3. The van der Waals surface area contributed by atoms with E-state index in [1.54, 1.807) is 0 Å². The van der Waals surface area contributed by atoms with Crippen molar-refractivity contribution in [2.45, 2.75) is 25.1 Å². The van der Waals surface area contributed by atoms with Gasteiger partial charge in [-0.1, -0.05) is 0 Å². The van der Waals surface area contributed by atoms with Crippen LogP contribution in [-0.2, 0) is 6.18 Å². The summed E-state index contributed by atoms with van der Waals surface area (Å²) >= 11 is 0. The highest BCUT2D eigenvalue weighted by atomic mass is 19.4. The second kappa shape index (κ2) is 5.70. The lowest BCUT2D eigenvalue weighted by atomic mass is 10.1. The molecule has 1 atom stereocenters. The third kappa shape index (κ3) is 3.41. The van der Waals surface area contributed by atoms with Crippen LogP contribution in [0, 0.1) is 0 Å². The quantitative estimate of drug-likeness (QED) is 0.893. The predicted octanol–water partition coefficient (Wildman–Crippen LogP) is 1.94. The van der Waals surface area contributed by atoms with E-state index >= 15 is 0 Å². The number of alkyl halides is 3. The Kier molecular flexibility index (Phi) is 4.17. The summed E-state index contributed by atoms with van der Waals surface area (Å²) in [6.07, 6.45) is -2.99. The Balaban J connectivity index is 2.25. The van der Waals surface area contributed by atoms with Crippen LogP contribution in [0.5, 0.6) is 5.75 Å². The van der Waals surface area contributed by atoms with Gasteiger partial charge >= 0.3 is 6.18 Å². The highest BCUT2D eigenvalue weighted by Gasteiger charge is 2.32. The molecule has 0 saturated carbocycles. The summed E-state index contributed by atoms with van der Waals surface area (Å²) in [5.41, 5.74) is 3.97. The molecule has 1 fully saturated rings. The Morgan fingerprint density at radius 3 is 2.70 bits per heavy atom. The van der Waals surface area contributed by atoms with Crippen LogP contribution in [0.15, 0.2) is 18.2 Å². The summed E-state index contributed by atoms with van der Waals surface area (Å²) in [5.74, 6) is -0.839. The molecule has 110 valence electrons. The van der Waals surface area contributed by atoms with Gasteiger partial charge in [0, 0.05) is 6.54 Å². The van der Waals surface area contributed by atoms with Crippen molar-refractivity contribution in [2.75, 3.05) is 13.1 Å². The minimum absolute atomic E-state index is 0.0965. The zero-order valence-corrected chi connectivity index (χ0v) is 10.7. The molecule has 1 aliphatic rings. The first-order valence-electron chi connectivity index (χ1n) is 6.26. The number of nitrogens with one attached hydrogen (secondary N) is 1. The van der Waals surface area contributed by atoms with Crippen LogP contribution >= 0.6 is 0 Å². The van der Waals surface area contributed by atoms with Crippen molar-refractivity contribution >= 4 is 5.91 Å². The summed E-state index contributed by atoms with van der Waals surface area (Å²) < 4.78 is 43.4. The van der Waals surface area contributed by atoms with Crippen LogP contribution in [0.25, 0.3) is 0 Å². The van der Waals surface area contributed by atoms with Crippen molar-refractivity contribution in [3.8, 4) is 5.75 Å². The van der Waals surface area contributed by atoms with Gasteiger partial charge in [0.15, 0.2) is 0 Å². The summed E-state index contributed by atoms with van der Waals surface area (Å²) in [6, 6.07) is 2.77. The fourth-order valence-electron chi connectivity index (χ4n) is 2.10. The number of halogens is 3. The van der Waals surface area contributed by atoms with E-state index in [0.29, 0.717) is 6.54 Å². The third-order valence-corrected chi connectivity index (χ3v) is 3.12. The number of carbonyl (C=O) groups excluding carboxylic acids is 1. The standard InChI is InChI=1S/C13H15F3N2O2/c14-13(15,16)8-3-4-11(10(6-8)12(17)19)20-9-2-1-5-18-7-9/h3-4,6,9,18H,1-2,5,7H2,(H2,17,19). The highest BCUT2D eigenvalue weighted by Crippen LogP contribution is 2.33. The van der Waals surface area contributed by atoms with Crippen molar-refractivity contribution < 1.29 is 22.7 Å². The van der Waals surface area contributed by atoms with E-state index in [9.17, 15) is 18.0 Å². The van der Waals surface area contributed by atoms with Crippen LogP contribution in [0.1, 0.15) is 28.8 Å². The third-order valence-electron chi connectivity index (χ3n) is 3.12. The maximum Gasteiger partial charge on any atom is 0.416 e. The Morgan fingerprint density at radius 1 is 1.40 bits per heavy atom. The molecular weight excluding hydrogens is 273 g/mol. The molecule has 0 spiro atoms. The minimum atomic E-state index is -4.52. The van der Waals surface area contributed by atoms with Crippen molar-refractivity contribution in [3.05, 3.63) is 29.3 Å². The van der Waals surface area contributed by atoms with E-state index in [2.05, 4.69) is 5.32 Å². The normalized spacial score (nSPS) is 19.6. The molecule has 0 radical (unpaired) electrons. The molecule has 1 unspecified atom stereocenters. The van der Waals surface area contributed by atoms with Gasteiger partial charge in [-0.3, -0.25) is 4.79 Å². The Morgan fingerprint density at radius 2 is 2.15 bits per heavy atom. The van der Waals surface area contributed by atoms with Gasteiger partial charge in [0.05, 0.1) is 11.1 Å². The monoisotopic (exact) mass is 288 g/mol. The lowest BCUT2D eigenvalue weighted by Crippen LogP contribution is -2.37. The van der Waals surface area contributed by atoms with Gasteiger partial charge < -0.3 is 15.8 Å². The maximum absolute atomic E-state index is 12.6. The number of ether oxygens (including phenoxy) is 1. The van der Waals surface area contributed by atoms with E-state index in [4.69, 9.17) is 10.5 Å². The van der Waals surface area contributed by atoms with E-state index in [1.165, 1.54) is 0 Å². The van der Waals surface area contributed by atoms with Crippen LogP contribution in [0.4, 0.5) is 13.2 Å². The molecular formula is C13H15F3N2O2. The topological polar surface area (TPSA) is 64.4 Å². The number of hydrogen-bond acceptors (Lipinski definition) is 3. The minimum Gasteiger partial charge on any atom is -0.488 e. The largest absolute Gasteiger partial charge is 0.488 e. The molecule has 7 heteroatoms. The molecule has 1 aromatic carbocycles. The molecule has 1 aliphatic heterocycles. The summed E-state index contributed by atoms with van der Waals surface area (Å²) in [6.45, 7) is 1.48. The van der Waals surface area contributed by atoms with E-state index in [0.717, 1.165) is 37.6 Å². The van der Waals surface area contributed by atoms with Gasteiger partial charge in [-0.05, 0) is 37.6 Å². The van der Waals surface area contributed by atoms with E-state index in [1.807, 2.05) is 0 Å². The van der Waals surface area contributed by atoms with E-state index in [-0.39, 0.29) is 17.4 Å². The Labute approximate surface area is 114 Å². The summed E-state index contributed by atoms with van der Waals surface area (Å²) in [7, 11) is 0. The lowest BCUT2D eigenvalue weighted by Gasteiger charge is -2.25. The predicted molar refractivity (Wildman–Crippen MR) is 66.5 cm³/mol. The Hall–Kier alpha value is -1.76. The summed E-state index contributed by atoms with van der Waals surface area (Å²) in [5, 5.41) is 3.12. The van der Waals surface area contributed by atoms with Gasteiger partial charge in [0.2, 0.25) is 0 Å². The maximum atomic E-state index is 12.6. The number of rotatable bonds is 3. The number of amides is 1. The molecule has 0 bridgehead atoms. The van der Waals surface area contributed by atoms with Crippen molar-refractivity contribution in [3.63, 3.8) is 0 Å². The zero-order valence-electron chi connectivity index (χ0n) is 10.7. The SMILES string of the molecule is NC(=O)c1cc(C(F)(F)F)ccc1OC1CCCNC1. The second-order valence-electron chi connectivity index (χ2n) is 4.66. The smallest absolute Gasteiger partial charge is 0.416 e. The molecule has 4 nitrogen and oxygen atoms in total.